The van der Waals surface area contributed by atoms with E-state index in [0.717, 1.165) is 73.4 Å². The lowest BCUT2D eigenvalue weighted by molar-refractivity contribution is -0.136. The number of nitrogens with one attached hydrogen (secondary N) is 3. The number of hydrogen-bond donors (Lipinski definition) is 3. The SMILES string of the molecule is CNC(=O)COc1cc2cc(Nc3nc(N4CCC(O[C@H]5C[C@H](N6C[C@@H](C)N(c7ccc8c(c7)C(=O)N(C7CCC(=O)NC7=O)C8=O)[C@@H](C)C6)C5)CC4)ncc3Cl)ccc2n(C(C)C)c1=O. The smallest absolute Gasteiger partial charge is 0.293 e. The van der Waals surface area contributed by atoms with E-state index in [1.807, 2.05) is 38.1 Å². The maximum Gasteiger partial charge on any atom is 0.293 e. The summed E-state index contributed by atoms with van der Waals surface area (Å²) in [5, 5.41) is 9.19. The van der Waals surface area contributed by atoms with E-state index in [1.54, 1.807) is 29.0 Å². The first-order valence-corrected chi connectivity index (χ1v) is 23.2. The number of piperidine rings is 2. The number of carbonyl (C=O) groups excluding carboxylic acids is 5. The number of amides is 5. The van der Waals surface area contributed by atoms with Crippen LogP contribution in [-0.2, 0) is 19.1 Å². The number of fused-ring (bicyclic) bond motifs is 2. The molecule has 1 saturated carbocycles. The molecule has 3 saturated heterocycles. The molecule has 3 N–H and O–H groups in total. The maximum atomic E-state index is 13.5. The van der Waals surface area contributed by atoms with Gasteiger partial charge in [-0.2, -0.15) is 4.98 Å². The Kier molecular flexibility index (Phi) is 12.5. The van der Waals surface area contributed by atoms with Gasteiger partial charge in [0.1, 0.15) is 11.1 Å². The molecule has 4 aromatic rings. The number of ether oxygens (including phenoxy) is 2. The second-order valence-electron chi connectivity index (χ2n) is 18.3. The Morgan fingerprint density at radius 1 is 0.924 bits per heavy atom. The highest BCUT2D eigenvalue weighted by molar-refractivity contribution is 6.33. The minimum absolute atomic E-state index is 0.0788. The lowest BCUT2D eigenvalue weighted by atomic mass is 9.86. The molecule has 19 heteroatoms. The predicted molar refractivity (Wildman–Crippen MR) is 248 cm³/mol. The molecule has 2 aromatic heterocycles. The summed E-state index contributed by atoms with van der Waals surface area (Å²) in [6.07, 6.45) is 5.75. The van der Waals surface area contributed by atoms with Gasteiger partial charge in [-0.3, -0.25) is 43.9 Å². The van der Waals surface area contributed by atoms with E-state index in [-0.39, 0.29) is 72.6 Å². The van der Waals surface area contributed by atoms with Crippen molar-refractivity contribution in [3.8, 4) is 5.75 Å². The van der Waals surface area contributed by atoms with Gasteiger partial charge in [0.25, 0.3) is 23.3 Å². The molecular weight excluding hydrogens is 868 g/mol. The first-order valence-electron chi connectivity index (χ1n) is 22.8. The number of nitrogens with zero attached hydrogens (tertiary/aromatic N) is 7. The number of likely N-dealkylation sites (N-methyl/N-ethyl adjacent to an activating group) is 1. The van der Waals surface area contributed by atoms with Crippen LogP contribution in [0.25, 0.3) is 10.9 Å². The van der Waals surface area contributed by atoms with Gasteiger partial charge in [0.05, 0.1) is 35.0 Å². The molecule has 5 amide bonds. The molecule has 6 heterocycles. The molecule has 2 aromatic carbocycles. The standard InChI is InChI=1S/C47H55ClN10O8/c1-25(2)56-37-9-6-29(16-28(37)17-39(46(56)64)65-24-41(60)49-5)51-42-36(48)21-50-47(53-42)54-14-12-32(13-15-54)66-33-18-31(19-33)55-22-26(3)57(27(4)23-55)30-7-8-34-35(20-30)45(63)58(44(34)62)38-10-11-40(59)52-43(38)61/h6-9,16-17,20-21,25-27,31-33,38H,10-15,18-19,22-24H2,1-5H3,(H,49,60)(H,50,51,53)(H,52,59,61)/t26-,27+,31-,33-,38?. The van der Waals surface area contributed by atoms with E-state index < -0.39 is 29.7 Å². The normalized spacial score (nSPS) is 23.9. The van der Waals surface area contributed by atoms with Gasteiger partial charge >= 0.3 is 0 Å². The second-order valence-corrected chi connectivity index (χ2v) is 18.7. The van der Waals surface area contributed by atoms with E-state index in [0.29, 0.717) is 34.1 Å². The largest absolute Gasteiger partial charge is 0.478 e. The van der Waals surface area contributed by atoms with Crippen molar-refractivity contribution < 1.29 is 33.4 Å². The van der Waals surface area contributed by atoms with Crippen LogP contribution < -0.4 is 36.0 Å². The highest BCUT2D eigenvalue weighted by atomic mass is 35.5. The van der Waals surface area contributed by atoms with Gasteiger partial charge < -0.3 is 34.5 Å². The van der Waals surface area contributed by atoms with E-state index >= 15 is 0 Å². The van der Waals surface area contributed by atoms with Crippen molar-refractivity contribution in [3.63, 3.8) is 0 Å². The average molecular weight is 923 g/mol. The van der Waals surface area contributed by atoms with Crippen LogP contribution in [0.3, 0.4) is 0 Å². The molecule has 0 spiro atoms. The quantitative estimate of drug-likeness (QED) is 0.169. The van der Waals surface area contributed by atoms with Crippen LogP contribution in [0.4, 0.5) is 23.1 Å². The van der Waals surface area contributed by atoms with E-state index in [9.17, 15) is 28.8 Å². The Balaban J connectivity index is 0.765. The third-order valence-electron chi connectivity index (χ3n) is 13.5. The Morgan fingerprint density at radius 2 is 1.65 bits per heavy atom. The fraction of sp³-hybridized carbons (Fsp3) is 0.489. The summed E-state index contributed by atoms with van der Waals surface area (Å²) in [4.78, 5) is 93.6. The molecule has 4 fully saturated rings. The molecule has 18 nitrogen and oxygen atoms in total. The zero-order valence-electron chi connectivity index (χ0n) is 37.7. The van der Waals surface area contributed by atoms with E-state index in [2.05, 4.69) is 49.5 Å². The Bertz CT molecular complexity index is 2650. The zero-order chi connectivity index (χ0) is 46.6. The first kappa shape index (κ1) is 45.1. The molecule has 348 valence electrons. The van der Waals surface area contributed by atoms with Crippen LogP contribution in [0.2, 0.25) is 5.02 Å². The van der Waals surface area contributed by atoms with Gasteiger partial charge in [0.2, 0.25) is 17.8 Å². The maximum absolute atomic E-state index is 13.5. The minimum Gasteiger partial charge on any atom is -0.478 e. The third kappa shape index (κ3) is 8.68. The molecule has 66 heavy (non-hydrogen) atoms. The van der Waals surface area contributed by atoms with Gasteiger partial charge in [-0.25, -0.2) is 4.98 Å². The van der Waals surface area contributed by atoms with Crippen molar-refractivity contribution in [2.45, 2.75) is 109 Å². The van der Waals surface area contributed by atoms with Crippen molar-refractivity contribution in [2.75, 3.05) is 55.0 Å². The molecule has 9 rings (SSSR count). The second kappa shape index (κ2) is 18.3. The van der Waals surface area contributed by atoms with Crippen LogP contribution in [0, 0.1) is 0 Å². The monoisotopic (exact) mass is 922 g/mol. The summed E-state index contributed by atoms with van der Waals surface area (Å²) in [5.74, 6) is -1.25. The number of halogens is 1. The van der Waals surface area contributed by atoms with Gasteiger partial charge in [-0.1, -0.05) is 11.6 Å². The number of imide groups is 2. The van der Waals surface area contributed by atoms with Crippen molar-refractivity contribution >= 4 is 75.2 Å². The van der Waals surface area contributed by atoms with Crippen LogP contribution in [0.1, 0.15) is 93.0 Å². The van der Waals surface area contributed by atoms with Crippen molar-refractivity contribution in [1.82, 2.24) is 35.0 Å². The number of hydrogen-bond acceptors (Lipinski definition) is 14. The molecule has 0 radical (unpaired) electrons. The summed E-state index contributed by atoms with van der Waals surface area (Å²) < 4.78 is 13.9. The van der Waals surface area contributed by atoms with Gasteiger partial charge in [0.15, 0.2) is 18.2 Å². The van der Waals surface area contributed by atoms with Crippen LogP contribution in [0.15, 0.2) is 53.5 Å². The number of piperazine rings is 1. The predicted octanol–water partition coefficient (Wildman–Crippen LogP) is 4.41. The van der Waals surface area contributed by atoms with Gasteiger partial charge in [-0.05, 0) is 102 Å². The number of aromatic nitrogens is 3. The van der Waals surface area contributed by atoms with Crippen LogP contribution >= 0.6 is 11.6 Å². The Labute approximate surface area is 386 Å². The molecule has 3 atom stereocenters. The summed E-state index contributed by atoms with van der Waals surface area (Å²) in [6, 6.07) is 12.2. The summed E-state index contributed by atoms with van der Waals surface area (Å²) >= 11 is 6.61. The van der Waals surface area contributed by atoms with Crippen LogP contribution in [-0.4, -0.2) is 130 Å². The van der Waals surface area contributed by atoms with E-state index in [4.69, 9.17) is 26.1 Å². The lowest BCUT2D eigenvalue weighted by Crippen LogP contribution is -2.62. The van der Waals surface area contributed by atoms with Crippen molar-refractivity contribution in [2.24, 2.45) is 0 Å². The molecule has 4 aliphatic heterocycles. The lowest BCUT2D eigenvalue weighted by Gasteiger charge is -2.52. The van der Waals surface area contributed by atoms with Gasteiger partial charge in [-0.15, -0.1) is 0 Å². The number of anilines is 4. The molecule has 0 bridgehead atoms. The van der Waals surface area contributed by atoms with Crippen molar-refractivity contribution in [3.05, 3.63) is 75.2 Å². The Morgan fingerprint density at radius 3 is 2.35 bits per heavy atom. The van der Waals surface area contributed by atoms with Gasteiger partial charge in [0, 0.05) is 80.6 Å². The summed E-state index contributed by atoms with van der Waals surface area (Å²) in [5.41, 5.74) is 2.55. The zero-order valence-corrected chi connectivity index (χ0v) is 38.5. The number of rotatable bonds is 12. The topological polar surface area (TPSA) is 201 Å². The molecule has 5 aliphatic rings. The van der Waals surface area contributed by atoms with Crippen LogP contribution in [0.5, 0.6) is 5.75 Å². The summed E-state index contributed by atoms with van der Waals surface area (Å²) in [6.45, 7) is 11.1. The average Bonchev–Trinajstić information content (AvgIpc) is 3.52. The molecule has 1 unspecified atom stereocenters. The third-order valence-corrected chi connectivity index (χ3v) is 13.8. The van der Waals surface area contributed by atoms with E-state index in [1.165, 1.54) is 7.05 Å². The highest BCUT2D eigenvalue weighted by Gasteiger charge is 2.46. The summed E-state index contributed by atoms with van der Waals surface area (Å²) in [7, 11) is 1.51. The highest BCUT2D eigenvalue weighted by Crippen LogP contribution is 2.37. The first-order chi connectivity index (χ1) is 31.7. The fourth-order valence-corrected chi connectivity index (χ4v) is 10.3. The number of benzene rings is 2. The number of carbonyl (C=O) groups is 5. The molecular formula is C47H55ClN10O8. The number of pyridine rings is 1. The molecule has 1 aliphatic carbocycles. The van der Waals surface area contributed by atoms with Crippen molar-refractivity contribution in [1.29, 1.82) is 0 Å². The Hall–Kier alpha value is -6.11. The fourth-order valence-electron chi connectivity index (χ4n) is 10.2. The minimum atomic E-state index is -0.995.